The Morgan fingerprint density at radius 3 is 1.94 bits per heavy atom. The zero-order valence-electron chi connectivity index (χ0n) is 12.3. The summed E-state index contributed by atoms with van der Waals surface area (Å²) < 4.78 is 23.2. The highest BCUT2D eigenvalue weighted by Crippen LogP contribution is 2.54. The molecule has 0 aliphatic carbocycles. The molecule has 18 heavy (non-hydrogen) atoms. The van der Waals surface area contributed by atoms with Crippen LogP contribution in [0.2, 0.25) is 19.6 Å². The third-order valence-electron chi connectivity index (χ3n) is 2.27. The van der Waals surface area contributed by atoms with Crippen molar-refractivity contribution < 1.29 is 18.7 Å². The summed E-state index contributed by atoms with van der Waals surface area (Å²) in [5.41, 5.74) is 1.47. The smallest absolute Gasteiger partial charge is 0.340 e. The van der Waals surface area contributed by atoms with Gasteiger partial charge < -0.3 is 14.2 Å². The van der Waals surface area contributed by atoms with Crippen LogP contribution < -0.4 is 0 Å². The van der Waals surface area contributed by atoms with E-state index in [2.05, 4.69) is 25.3 Å². The summed E-state index contributed by atoms with van der Waals surface area (Å²) in [7, 11) is -4.70. The van der Waals surface area contributed by atoms with E-state index in [4.69, 9.17) is 9.05 Å². The van der Waals surface area contributed by atoms with Gasteiger partial charge in [0.25, 0.3) is 0 Å². The molecule has 0 aliphatic rings. The van der Waals surface area contributed by atoms with Gasteiger partial charge in [0.2, 0.25) is 0 Å². The van der Waals surface area contributed by atoms with E-state index in [0.717, 1.165) is 0 Å². The highest BCUT2D eigenvalue weighted by molar-refractivity contribution is 7.55. The Morgan fingerprint density at radius 1 is 1.22 bits per heavy atom. The van der Waals surface area contributed by atoms with Crippen molar-refractivity contribution in [2.45, 2.75) is 52.2 Å². The molecule has 0 saturated carbocycles. The fourth-order valence-corrected chi connectivity index (χ4v) is 4.40. The average molecular weight is 294 g/mol. The van der Waals surface area contributed by atoms with Crippen LogP contribution in [0.3, 0.4) is 0 Å². The third-order valence-corrected chi connectivity index (χ3v) is 6.03. The van der Waals surface area contributed by atoms with Crippen LogP contribution in [0.15, 0.2) is 11.8 Å². The molecule has 0 spiro atoms. The van der Waals surface area contributed by atoms with Crippen LogP contribution in [0, 0.1) is 0 Å². The molecule has 6 heteroatoms. The van der Waals surface area contributed by atoms with Gasteiger partial charge in [-0.05, 0) is 20.8 Å². The van der Waals surface area contributed by atoms with Crippen LogP contribution >= 0.6 is 7.60 Å². The van der Waals surface area contributed by atoms with Gasteiger partial charge in [-0.15, -0.1) is 0 Å². The second kappa shape index (κ2) is 7.61. The van der Waals surface area contributed by atoms with Gasteiger partial charge in [0.15, 0.2) is 0 Å². The lowest BCUT2D eigenvalue weighted by Gasteiger charge is -2.26. The van der Waals surface area contributed by atoms with E-state index in [9.17, 15) is 9.67 Å². The molecule has 0 aromatic heterocycles. The van der Waals surface area contributed by atoms with Gasteiger partial charge in [-0.1, -0.05) is 31.4 Å². The van der Waals surface area contributed by atoms with Crippen LogP contribution in [-0.2, 0) is 13.6 Å². The van der Waals surface area contributed by atoms with E-state index in [-0.39, 0.29) is 0 Å². The van der Waals surface area contributed by atoms with Crippen LogP contribution in [0.4, 0.5) is 0 Å². The minimum absolute atomic E-state index is 0.307. The second-order valence-corrected chi connectivity index (χ2v) is 12.6. The van der Waals surface area contributed by atoms with Gasteiger partial charge in [0.1, 0.15) is 5.66 Å². The van der Waals surface area contributed by atoms with E-state index < -0.39 is 27.4 Å². The predicted molar refractivity (Wildman–Crippen MR) is 78.8 cm³/mol. The Morgan fingerprint density at radius 2 is 1.67 bits per heavy atom. The summed E-state index contributed by atoms with van der Waals surface area (Å²) >= 11 is 0. The van der Waals surface area contributed by atoms with Gasteiger partial charge >= 0.3 is 7.60 Å². The molecule has 4 nitrogen and oxygen atoms in total. The fraction of sp³-hybridized carbons (Fsp3) is 0.833. The summed E-state index contributed by atoms with van der Waals surface area (Å²) in [5.74, 6) is 0. The number of hydrogen-bond donors (Lipinski definition) is 1. The van der Waals surface area contributed by atoms with Crippen molar-refractivity contribution >= 4 is 15.7 Å². The van der Waals surface area contributed by atoms with Crippen molar-refractivity contribution in [2.75, 3.05) is 13.2 Å². The maximum Gasteiger partial charge on any atom is 0.340 e. The molecule has 0 fully saturated rings. The first kappa shape index (κ1) is 18.1. The molecule has 0 rings (SSSR count). The number of rotatable bonds is 8. The zero-order chi connectivity index (χ0) is 14.4. The number of aliphatic hydroxyl groups excluding tert-OH is 1. The van der Waals surface area contributed by atoms with Crippen LogP contribution in [-0.4, -0.2) is 38.2 Å². The Hall–Kier alpha value is 0.0669. The fourth-order valence-electron chi connectivity index (χ4n) is 1.49. The normalized spacial score (nSPS) is 17.1. The molecule has 108 valence electrons. The average Bonchev–Trinajstić information content (AvgIpc) is 2.15. The maximum absolute atomic E-state index is 12.6. The van der Waals surface area contributed by atoms with E-state index in [1.54, 1.807) is 20.8 Å². The van der Waals surface area contributed by atoms with Crippen molar-refractivity contribution in [1.29, 1.82) is 0 Å². The lowest BCUT2D eigenvalue weighted by Crippen LogP contribution is -2.25. The van der Waals surface area contributed by atoms with Gasteiger partial charge in [-0.25, -0.2) is 0 Å². The summed E-state index contributed by atoms with van der Waals surface area (Å²) in [6.07, 6.45) is 1.05. The van der Waals surface area contributed by atoms with Crippen molar-refractivity contribution in [1.82, 2.24) is 0 Å². The van der Waals surface area contributed by atoms with Gasteiger partial charge in [0.05, 0.1) is 27.4 Å². The van der Waals surface area contributed by atoms with Gasteiger partial charge in [-0.3, -0.25) is 4.57 Å². The van der Waals surface area contributed by atoms with Gasteiger partial charge in [0, 0.05) is 0 Å². The number of hydrogen-bond acceptors (Lipinski definition) is 4. The van der Waals surface area contributed by atoms with Crippen molar-refractivity contribution in [3.63, 3.8) is 0 Å². The van der Waals surface area contributed by atoms with Crippen LogP contribution in [0.25, 0.3) is 0 Å². The lowest BCUT2D eigenvalue weighted by molar-refractivity contribution is 0.163. The molecule has 0 bridgehead atoms. The first-order valence-electron chi connectivity index (χ1n) is 6.42. The highest BCUT2D eigenvalue weighted by atomic mass is 31.2. The summed E-state index contributed by atoms with van der Waals surface area (Å²) in [4.78, 5) is 0. The molecule has 0 amide bonds. The topological polar surface area (TPSA) is 55.8 Å². The Labute approximate surface area is 112 Å². The molecular formula is C12H27O4PSi. The lowest BCUT2D eigenvalue weighted by atomic mass is 10.3. The monoisotopic (exact) mass is 294 g/mol. The molecule has 0 heterocycles. The standard InChI is InChI=1S/C12H27O4PSi/c1-7-15-17(14,16-8-2)12(11(3)13)9-10-18(4,5)6/h9-13H,7-8H2,1-6H3/b10-9+/t11-,12+/m1/s1. The predicted octanol–water partition coefficient (Wildman–Crippen LogP) is 3.44. The number of aliphatic hydroxyl groups is 1. The first-order valence-corrected chi connectivity index (χ1v) is 11.6. The summed E-state index contributed by atoms with van der Waals surface area (Å²) in [5, 5.41) is 9.83. The third kappa shape index (κ3) is 6.30. The molecule has 0 aromatic rings. The van der Waals surface area contributed by atoms with Crippen LogP contribution in [0.1, 0.15) is 20.8 Å². The van der Waals surface area contributed by atoms with E-state index in [1.807, 2.05) is 6.08 Å². The van der Waals surface area contributed by atoms with Crippen LogP contribution in [0.5, 0.6) is 0 Å². The Balaban J connectivity index is 5.17. The SMILES string of the molecule is CCOP(=O)(OCC)[C@@H](/C=C/[Si](C)(C)C)[C@@H](C)O. The van der Waals surface area contributed by atoms with Gasteiger partial charge in [-0.2, -0.15) is 0 Å². The quantitative estimate of drug-likeness (QED) is 0.550. The summed E-state index contributed by atoms with van der Waals surface area (Å²) in [6.45, 7) is 12.3. The molecule has 0 unspecified atom stereocenters. The maximum atomic E-state index is 12.6. The molecule has 0 aromatic carbocycles. The first-order chi connectivity index (χ1) is 8.16. The molecule has 0 aliphatic heterocycles. The van der Waals surface area contributed by atoms with E-state index in [1.165, 1.54) is 0 Å². The second-order valence-electron chi connectivity index (χ2n) is 5.33. The molecule has 0 radical (unpaired) electrons. The van der Waals surface area contributed by atoms with E-state index >= 15 is 0 Å². The molecule has 1 N–H and O–H groups in total. The summed E-state index contributed by atoms with van der Waals surface area (Å²) in [6, 6.07) is 0. The molecule has 0 saturated heterocycles. The minimum Gasteiger partial charge on any atom is -0.392 e. The van der Waals surface area contributed by atoms with Crippen molar-refractivity contribution in [3.8, 4) is 0 Å². The molecule has 2 atom stereocenters. The van der Waals surface area contributed by atoms with Crippen molar-refractivity contribution in [3.05, 3.63) is 11.8 Å². The Kier molecular flexibility index (Phi) is 7.63. The zero-order valence-corrected chi connectivity index (χ0v) is 14.2. The largest absolute Gasteiger partial charge is 0.392 e. The Bertz CT molecular complexity index is 300. The van der Waals surface area contributed by atoms with E-state index in [0.29, 0.717) is 13.2 Å². The minimum atomic E-state index is -3.29. The molecular weight excluding hydrogens is 267 g/mol. The highest BCUT2D eigenvalue weighted by Gasteiger charge is 2.37. The van der Waals surface area contributed by atoms with Crippen molar-refractivity contribution in [2.24, 2.45) is 0 Å².